The van der Waals surface area contributed by atoms with Crippen molar-refractivity contribution in [2.75, 3.05) is 6.61 Å². The van der Waals surface area contributed by atoms with Crippen LogP contribution in [0.4, 0.5) is 4.79 Å². The Morgan fingerprint density at radius 3 is 2.42 bits per heavy atom. The number of aliphatic hydroxyl groups excluding tert-OH is 1. The van der Waals surface area contributed by atoms with Crippen molar-refractivity contribution in [1.29, 1.82) is 0 Å². The minimum absolute atomic E-state index is 0.0232. The molecule has 8 nitrogen and oxygen atoms in total. The fraction of sp³-hybridized carbons (Fsp3) is 0.708. The third-order valence-corrected chi connectivity index (χ3v) is 6.58. The number of rotatable bonds is 11. The molecule has 1 aliphatic rings. The van der Waals surface area contributed by atoms with Crippen LogP contribution in [0.5, 0.6) is 0 Å². The maximum absolute atomic E-state index is 13.5. The van der Waals surface area contributed by atoms with Crippen molar-refractivity contribution in [3.63, 3.8) is 0 Å². The van der Waals surface area contributed by atoms with Gasteiger partial charge >= 0.3 is 12.1 Å². The van der Waals surface area contributed by atoms with E-state index in [0.29, 0.717) is 17.9 Å². The van der Waals surface area contributed by atoms with Crippen molar-refractivity contribution in [2.45, 2.75) is 91.4 Å². The Hall–Kier alpha value is -1.87. The summed E-state index contributed by atoms with van der Waals surface area (Å²) in [6.45, 7) is 10.5. The van der Waals surface area contributed by atoms with Gasteiger partial charge in [-0.3, -0.25) is 9.59 Å². The van der Waals surface area contributed by atoms with Crippen LogP contribution in [0.1, 0.15) is 84.9 Å². The van der Waals surface area contributed by atoms with Gasteiger partial charge in [0.15, 0.2) is 6.10 Å². The van der Waals surface area contributed by atoms with E-state index in [1.165, 1.54) is 6.92 Å². The number of unbranched alkanes of at least 4 members (excludes halogenated alkanes) is 3. The Bertz CT molecular complexity index is 848. The average Bonchev–Trinajstić information content (AvgIpc) is 3.19. The molecule has 0 saturated carbocycles. The molecule has 2 rings (SSSR count). The highest BCUT2D eigenvalue weighted by molar-refractivity contribution is 9.10. The van der Waals surface area contributed by atoms with Crippen molar-refractivity contribution in [3.05, 3.63) is 22.1 Å². The number of carbonyl (C=O) groups excluding carboxylic acids is 3. The van der Waals surface area contributed by atoms with Gasteiger partial charge in [0, 0.05) is 20.0 Å². The number of esters is 1. The molecule has 2 amide bonds. The van der Waals surface area contributed by atoms with Crippen LogP contribution >= 0.6 is 15.9 Å². The molecular weight excluding hydrogens is 494 g/mol. The SMILES string of the molecule is CC(=O)O[C@H](c1cc(Br)c(CCCCCCO)o1)[C@H](C)C(=O)N1C(=O)OC(C)(C)[C@@H]1C(C)C. The number of carbonyl (C=O) groups is 3. The Morgan fingerprint density at radius 2 is 1.85 bits per heavy atom. The van der Waals surface area contributed by atoms with E-state index in [1.807, 2.05) is 13.8 Å². The van der Waals surface area contributed by atoms with Gasteiger partial charge in [0.2, 0.25) is 5.91 Å². The van der Waals surface area contributed by atoms with E-state index < -0.39 is 41.6 Å². The predicted octanol–water partition coefficient (Wildman–Crippen LogP) is 5.16. The lowest BCUT2D eigenvalue weighted by molar-refractivity contribution is -0.155. The van der Waals surface area contributed by atoms with Crippen LogP contribution in [0.15, 0.2) is 15.0 Å². The molecule has 1 aromatic rings. The third kappa shape index (κ3) is 6.59. The molecule has 3 atom stereocenters. The molecule has 0 bridgehead atoms. The molecular formula is C24H36BrNO7. The van der Waals surface area contributed by atoms with Gasteiger partial charge in [0.1, 0.15) is 17.1 Å². The number of hydrogen-bond acceptors (Lipinski definition) is 7. The Kier molecular flexibility index (Phi) is 9.55. The first kappa shape index (κ1) is 27.4. The van der Waals surface area contributed by atoms with Gasteiger partial charge in [-0.2, -0.15) is 0 Å². The van der Waals surface area contributed by atoms with E-state index in [1.54, 1.807) is 26.8 Å². The summed E-state index contributed by atoms with van der Waals surface area (Å²) in [5, 5.41) is 8.90. The molecule has 1 fully saturated rings. The highest BCUT2D eigenvalue weighted by Crippen LogP contribution is 2.39. The van der Waals surface area contributed by atoms with E-state index in [2.05, 4.69) is 15.9 Å². The maximum atomic E-state index is 13.5. The zero-order valence-corrected chi connectivity index (χ0v) is 21.9. The summed E-state index contributed by atoms with van der Waals surface area (Å²) in [4.78, 5) is 39.1. The Balaban J connectivity index is 2.26. The molecule has 1 aliphatic heterocycles. The van der Waals surface area contributed by atoms with Gasteiger partial charge in [-0.25, -0.2) is 9.69 Å². The number of amides is 2. The van der Waals surface area contributed by atoms with Crippen molar-refractivity contribution < 1.29 is 33.4 Å². The van der Waals surface area contributed by atoms with E-state index in [4.69, 9.17) is 19.0 Å². The van der Waals surface area contributed by atoms with Crippen molar-refractivity contribution in [1.82, 2.24) is 4.90 Å². The monoisotopic (exact) mass is 529 g/mol. The summed E-state index contributed by atoms with van der Waals surface area (Å²) in [7, 11) is 0. The van der Waals surface area contributed by atoms with E-state index >= 15 is 0 Å². The zero-order chi connectivity index (χ0) is 24.9. The molecule has 1 N–H and O–H groups in total. The fourth-order valence-electron chi connectivity index (χ4n) is 4.51. The summed E-state index contributed by atoms with van der Waals surface area (Å²) >= 11 is 3.50. The van der Waals surface area contributed by atoms with Gasteiger partial charge < -0.3 is 19.0 Å². The summed E-state index contributed by atoms with van der Waals surface area (Å²) < 4.78 is 17.7. The number of aryl methyl sites for hydroxylation is 1. The molecule has 0 unspecified atom stereocenters. The molecule has 0 radical (unpaired) electrons. The first-order chi connectivity index (χ1) is 15.4. The maximum Gasteiger partial charge on any atom is 0.417 e. The molecule has 1 saturated heterocycles. The molecule has 1 aromatic heterocycles. The second-order valence-electron chi connectivity index (χ2n) is 9.49. The molecule has 0 spiro atoms. The zero-order valence-electron chi connectivity index (χ0n) is 20.4. The van der Waals surface area contributed by atoms with Gasteiger partial charge in [-0.1, -0.05) is 26.7 Å². The second-order valence-corrected chi connectivity index (χ2v) is 10.3. The molecule has 186 valence electrons. The standard InChI is InChI=1S/C24H36BrNO7/c1-14(2)21-24(5,6)33-23(30)26(21)22(29)15(3)20(31-16(4)28)19-13-17(25)18(32-19)11-9-7-8-10-12-27/h13-15,20-21,27H,7-12H2,1-6H3/t15-,20-,21-/m0/s1. The third-order valence-electron chi connectivity index (χ3n) is 5.91. The number of cyclic esters (lactones) is 1. The van der Waals surface area contributed by atoms with Gasteiger partial charge in [-0.15, -0.1) is 0 Å². The Labute approximate surface area is 204 Å². The van der Waals surface area contributed by atoms with Crippen LogP contribution in [0.2, 0.25) is 0 Å². The van der Waals surface area contributed by atoms with Crippen LogP contribution in [0.3, 0.4) is 0 Å². The highest BCUT2D eigenvalue weighted by Gasteiger charge is 2.53. The quantitative estimate of drug-likeness (QED) is 0.311. The average molecular weight is 530 g/mol. The summed E-state index contributed by atoms with van der Waals surface area (Å²) in [5.41, 5.74) is -0.825. The van der Waals surface area contributed by atoms with Crippen molar-refractivity contribution >= 4 is 33.9 Å². The number of hydrogen-bond donors (Lipinski definition) is 1. The molecule has 0 aromatic carbocycles. The van der Waals surface area contributed by atoms with E-state index in [-0.39, 0.29) is 12.5 Å². The molecule has 33 heavy (non-hydrogen) atoms. The highest BCUT2D eigenvalue weighted by atomic mass is 79.9. The summed E-state index contributed by atoms with van der Waals surface area (Å²) in [6.07, 6.45) is 2.52. The minimum atomic E-state index is -0.987. The van der Waals surface area contributed by atoms with E-state index in [9.17, 15) is 14.4 Å². The lowest BCUT2D eigenvalue weighted by atomic mass is 9.88. The minimum Gasteiger partial charge on any atom is -0.461 e. The molecule has 0 aliphatic carbocycles. The Morgan fingerprint density at radius 1 is 1.21 bits per heavy atom. The lowest BCUT2D eigenvalue weighted by Crippen LogP contribution is -2.50. The summed E-state index contributed by atoms with van der Waals surface area (Å²) in [5.74, 6) is -0.878. The fourth-order valence-corrected chi connectivity index (χ4v) is 5.01. The number of furan rings is 1. The van der Waals surface area contributed by atoms with Gasteiger partial charge in [0.05, 0.1) is 16.4 Å². The van der Waals surface area contributed by atoms with Gasteiger partial charge in [-0.05, 0) is 61.5 Å². The predicted molar refractivity (Wildman–Crippen MR) is 125 cm³/mol. The molecule has 2 heterocycles. The van der Waals surface area contributed by atoms with Crippen LogP contribution in [0, 0.1) is 11.8 Å². The smallest absolute Gasteiger partial charge is 0.417 e. The van der Waals surface area contributed by atoms with Crippen LogP contribution in [-0.4, -0.2) is 46.2 Å². The summed E-state index contributed by atoms with van der Waals surface area (Å²) in [6, 6.07) is 1.27. The normalized spacial score (nSPS) is 19.5. The van der Waals surface area contributed by atoms with Crippen molar-refractivity contribution in [2.24, 2.45) is 11.8 Å². The second kappa shape index (κ2) is 11.5. The first-order valence-electron chi connectivity index (χ1n) is 11.5. The van der Waals surface area contributed by atoms with Crippen LogP contribution < -0.4 is 0 Å². The number of nitrogens with zero attached hydrogens (tertiary/aromatic N) is 1. The number of halogens is 1. The number of ether oxygens (including phenoxy) is 2. The van der Waals surface area contributed by atoms with Crippen molar-refractivity contribution in [3.8, 4) is 0 Å². The molecule has 9 heteroatoms. The first-order valence-corrected chi connectivity index (χ1v) is 12.3. The van der Waals surface area contributed by atoms with Crippen LogP contribution in [0.25, 0.3) is 0 Å². The van der Waals surface area contributed by atoms with Crippen LogP contribution in [-0.2, 0) is 25.5 Å². The van der Waals surface area contributed by atoms with E-state index in [0.717, 1.165) is 35.1 Å². The lowest BCUT2D eigenvalue weighted by Gasteiger charge is -2.33. The number of aliphatic hydroxyl groups is 1. The van der Waals surface area contributed by atoms with Gasteiger partial charge in [0.25, 0.3) is 0 Å². The number of imide groups is 1. The largest absolute Gasteiger partial charge is 0.461 e. The topological polar surface area (TPSA) is 106 Å².